The number of para-hydroxylation sites is 1. The fourth-order valence-corrected chi connectivity index (χ4v) is 5.40. The summed E-state index contributed by atoms with van der Waals surface area (Å²) in [7, 11) is 1.65. The van der Waals surface area contributed by atoms with E-state index >= 15 is 0 Å². The predicted molar refractivity (Wildman–Crippen MR) is 125 cm³/mol. The average molecular weight is 448 g/mol. The molecule has 3 heterocycles. The summed E-state index contributed by atoms with van der Waals surface area (Å²) in [4.78, 5) is 23.0. The molecule has 1 aliphatic heterocycles. The van der Waals surface area contributed by atoms with Gasteiger partial charge in [0, 0.05) is 17.8 Å². The van der Waals surface area contributed by atoms with E-state index in [0.717, 1.165) is 75.1 Å². The normalized spacial score (nSPS) is 12.8. The lowest BCUT2D eigenvalue weighted by Crippen LogP contribution is -2.08. The van der Waals surface area contributed by atoms with Gasteiger partial charge in [-0.2, -0.15) is 0 Å². The predicted octanol–water partition coefficient (Wildman–Crippen LogP) is 4.96. The molecule has 0 atom stereocenters. The largest absolute Gasteiger partial charge is 0.496 e. The van der Waals surface area contributed by atoms with Crippen molar-refractivity contribution in [1.29, 1.82) is 0 Å². The number of carbonyl (C=O) groups is 1. The number of carbonyl (C=O) groups excluding carboxylic acids is 1. The van der Waals surface area contributed by atoms with Crippen molar-refractivity contribution in [3.63, 3.8) is 0 Å². The molecule has 0 N–H and O–H groups in total. The van der Waals surface area contributed by atoms with Gasteiger partial charge in [0.05, 0.1) is 35.8 Å². The third-order valence-corrected chi connectivity index (χ3v) is 6.96. The van der Waals surface area contributed by atoms with Crippen LogP contribution in [0.15, 0.2) is 42.5 Å². The second-order valence-electron chi connectivity index (χ2n) is 7.89. The van der Waals surface area contributed by atoms with Gasteiger partial charge < -0.3 is 14.0 Å². The van der Waals surface area contributed by atoms with Crippen LogP contribution in [0.5, 0.6) is 5.75 Å². The third-order valence-electron chi connectivity index (χ3n) is 5.83. The molecule has 1 aliphatic rings. The van der Waals surface area contributed by atoms with E-state index in [-0.39, 0.29) is 19.0 Å². The zero-order valence-corrected chi connectivity index (χ0v) is 19.1. The van der Waals surface area contributed by atoms with E-state index in [1.54, 1.807) is 7.11 Å². The first kappa shape index (κ1) is 20.7. The highest BCUT2D eigenvalue weighted by atomic mass is 32.1. The molecule has 164 valence electrons. The Morgan fingerprint density at radius 1 is 1.19 bits per heavy atom. The van der Waals surface area contributed by atoms with Crippen molar-refractivity contribution in [2.75, 3.05) is 7.11 Å². The minimum absolute atomic E-state index is 0.219. The fraction of sp³-hybridized carbons (Fsp3) is 0.320. The van der Waals surface area contributed by atoms with Crippen LogP contribution in [0.2, 0.25) is 0 Å². The lowest BCUT2D eigenvalue weighted by Gasteiger charge is -2.06. The van der Waals surface area contributed by atoms with Gasteiger partial charge in [0.1, 0.15) is 23.2 Å². The Hall–Kier alpha value is -3.19. The molecular formula is C25H25N3O3S. The molecule has 0 saturated heterocycles. The number of benzene rings is 2. The molecule has 5 rings (SSSR count). The van der Waals surface area contributed by atoms with Crippen LogP contribution in [0, 0.1) is 0 Å². The van der Waals surface area contributed by atoms with Crippen LogP contribution < -0.4 is 4.74 Å². The number of methoxy groups -OCH3 is 1. The number of hydrogen-bond donors (Lipinski definition) is 0. The van der Waals surface area contributed by atoms with Gasteiger partial charge in [-0.05, 0) is 42.7 Å². The number of imidazole rings is 1. The number of hydrogen-bond acceptors (Lipinski definition) is 6. The molecule has 0 bridgehead atoms. The first-order chi connectivity index (χ1) is 15.7. The lowest BCUT2D eigenvalue weighted by molar-refractivity contribution is -0.144. The number of ether oxygens (including phenoxy) is 2. The summed E-state index contributed by atoms with van der Waals surface area (Å²) in [5, 5.41) is 0.861. The van der Waals surface area contributed by atoms with Crippen LogP contribution in [0.4, 0.5) is 0 Å². The third kappa shape index (κ3) is 3.88. The first-order valence-corrected chi connectivity index (χ1v) is 11.7. The zero-order valence-electron chi connectivity index (χ0n) is 18.3. The SMILES string of the molecule is CCc1nc(-c2ccccc2OC)sc1CC(=O)OCc1ccc2c(c1)nc1n2CCC1. The van der Waals surface area contributed by atoms with Crippen LogP contribution in [-0.2, 0) is 41.9 Å². The van der Waals surface area contributed by atoms with Gasteiger partial charge in [0.15, 0.2) is 0 Å². The second-order valence-corrected chi connectivity index (χ2v) is 8.97. The van der Waals surface area contributed by atoms with Crippen LogP contribution in [0.1, 0.15) is 35.3 Å². The molecule has 2 aromatic carbocycles. The van der Waals surface area contributed by atoms with Crippen LogP contribution in [0.25, 0.3) is 21.6 Å². The van der Waals surface area contributed by atoms with Crippen molar-refractivity contribution < 1.29 is 14.3 Å². The average Bonchev–Trinajstić information content (AvgIpc) is 3.52. The Morgan fingerprint density at radius 3 is 2.91 bits per heavy atom. The number of esters is 1. The van der Waals surface area contributed by atoms with Gasteiger partial charge in [0.25, 0.3) is 0 Å². The van der Waals surface area contributed by atoms with E-state index in [0.29, 0.717) is 0 Å². The van der Waals surface area contributed by atoms with Crippen LogP contribution >= 0.6 is 11.3 Å². The maximum absolute atomic E-state index is 12.6. The highest BCUT2D eigenvalue weighted by Crippen LogP contribution is 2.35. The molecule has 0 unspecified atom stereocenters. The van der Waals surface area contributed by atoms with E-state index in [1.807, 2.05) is 43.3 Å². The molecular weight excluding hydrogens is 422 g/mol. The molecule has 0 radical (unpaired) electrons. The Morgan fingerprint density at radius 2 is 2.06 bits per heavy atom. The Balaban J connectivity index is 1.28. The van der Waals surface area contributed by atoms with Crippen molar-refractivity contribution in [3.05, 3.63) is 64.4 Å². The molecule has 6 nitrogen and oxygen atoms in total. The van der Waals surface area contributed by atoms with Gasteiger partial charge in [-0.15, -0.1) is 11.3 Å². The molecule has 0 aliphatic carbocycles. The fourth-order valence-electron chi connectivity index (χ4n) is 4.23. The topological polar surface area (TPSA) is 66.2 Å². The monoisotopic (exact) mass is 447 g/mol. The van der Waals surface area contributed by atoms with E-state index < -0.39 is 0 Å². The minimum atomic E-state index is -0.248. The van der Waals surface area contributed by atoms with Crippen molar-refractivity contribution in [2.24, 2.45) is 0 Å². The van der Waals surface area contributed by atoms with E-state index in [4.69, 9.17) is 19.4 Å². The second kappa shape index (κ2) is 8.74. The molecule has 0 spiro atoms. The summed E-state index contributed by atoms with van der Waals surface area (Å²) in [5.41, 5.74) is 4.97. The van der Waals surface area contributed by atoms with Gasteiger partial charge >= 0.3 is 5.97 Å². The summed E-state index contributed by atoms with van der Waals surface area (Å²) in [6.07, 6.45) is 3.17. The number of thiazole rings is 1. The summed E-state index contributed by atoms with van der Waals surface area (Å²) < 4.78 is 13.3. The summed E-state index contributed by atoms with van der Waals surface area (Å²) in [6, 6.07) is 13.9. The highest BCUT2D eigenvalue weighted by molar-refractivity contribution is 7.15. The zero-order chi connectivity index (χ0) is 22.1. The quantitative estimate of drug-likeness (QED) is 0.375. The van der Waals surface area contributed by atoms with Gasteiger partial charge in [-0.3, -0.25) is 4.79 Å². The standard InChI is InChI=1S/C25H25N3O3S/c1-3-18-22(32-25(27-18)17-7-4-5-8-21(17)30-2)14-24(29)31-15-16-10-11-20-19(13-16)26-23-9-6-12-28(20)23/h4-5,7-8,10-11,13H,3,6,9,12,14-15H2,1-2H3. The number of nitrogens with zero attached hydrogens (tertiary/aromatic N) is 3. The number of aromatic nitrogens is 3. The van der Waals surface area contributed by atoms with Gasteiger partial charge in [-0.1, -0.05) is 25.1 Å². The van der Waals surface area contributed by atoms with Gasteiger partial charge in [0.2, 0.25) is 0 Å². The van der Waals surface area contributed by atoms with E-state index in [9.17, 15) is 4.79 Å². The Kier molecular flexibility index (Phi) is 5.66. The summed E-state index contributed by atoms with van der Waals surface area (Å²) >= 11 is 1.53. The Labute approximate surface area is 190 Å². The molecule has 2 aromatic heterocycles. The number of rotatable bonds is 7. The van der Waals surface area contributed by atoms with Crippen molar-refractivity contribution in [2.45, 2.75) is 45.8 Å². The van der Waals surface area contributed by atoms with Crippen molar-refractivity contribution >= 4 is 28.3 Å². The Bertz CT molecular complexity index is 1290. The smallest absolute Gasteiger partial charge is 0.311 e. The molecule has 0 saturated carbocycles. The van der Waals surface area contributed by atoms with Gasteiger partial charge in [-0.25, -0.2) is 9.97 Å². The van der Waals surface area contributed by atoms with Crippen molar-refractivity contribution in [3.8, 4) is 16.3 Å². The van der Waals surface area contributed by atoms with Crippen LogP contribution in [0.3, 0.4) is 0 Å². The maximum atomic E-state index is 12.6. The van der Waals surface area contributed by atoms with E-state index in [2.05, 4.69) is 10.6 Å². The van der Waals surface area contributed by atoms with Crippen molar-refractivity contribution in [1.82, 2.24) is 14.5 Å². The maximum Gasteiger partial charge on any atom is 0.311 e. The van der Waals surface area contributed by atoms with E-state index in [1.165, 1.54) is 11.3 Å². The number of aryl methyl sites for hydroxylation is 3. The first-order valence-electron chi connectivity index (χ1n) is 10.9. The molecule has 32 heavy (non-hydrogen) atoms. The molecule has 0 amide bonds. The summed E-state index contributed by atoms with van der Waals surface area (Å²) in [6.45, 7) is 3.33. The highest BCUT2D eigenvalue weighted by Gasteiger charge is 2.19. The lowest BCUT2D eigenvalue weighted by atomic mass is 10.2. The van der Waals surface area contributed by atoms with Crippen LogP contribution in [-0.4, -0.2) is 27.6 Å². The molecule has 7 heteroatoms. The minimum Gasteiger partial charge on any atom is -0.496 e. The number of fused-ring (bicyclic) bond motifs is 3. The molecule has 0 fully saturated rings. The summed E-state index contributed by atoms with van der Waals surface area (Å²) in [5.74, 6) is 1.68. The molecule has 4 aromatic rings.